The van der Waals surface area contributed by atoms with E-state index in [1.165, 1.54) is 0 Å². The van der Waals surface area contributed by atoms with E-state index in [1.54, 1.807) is 6.20 Å². The van der Waals surface area contributed by atoms with Crippen LogP contribution in [0.5, 0.6) is 0 Å². The number of nitrogens with one attached hydrogen (secondary N) is 1. The molecule has 0 unspecified atom stereocenters. The lowest BCUT2D eigenvalue weighted by Crippen LogP contribution is -2.62. The molecule has 2 aliphatic rings. The van der Waals surface area contributed by atoms with Crippen LogP contribution in [-0.4, -0.2) is 62.5 Å². The molecule has 8 heteroatoms. The molecular formula is C25H24BrN5O2. The number of H-pyrrole nitrogens is 1. The number of hydrogen-bond acceptors (Lipinski definition) is 4. The average molecular weight is 506 g/mol. The lowest BCUT2D eigenvalue weighted by Gasteiger charge is -2.47. The molecule has 0 aliphatic carbocycles. The van der Waals surface area contributed by atoms with Crippen molar-refractivity contribution in [3.8, 4) is 0 Å². The summed E-state index contributed by atoms with van der Waals surface area (Å²) in [5.74, 6) is 0.0518. The number of aromatic amines is 1. The Hall–Kier alpha value is -2.97. The van der Waals surface area contributed by atoms with Crippen LogP contribution in [0.25, 0.3) is 21.9 Å². The van der Waals surface area contributed by atoms with Gasteiger partial charge < -0.3 is 9.88 Å². The Balaban J connectivity index is 1.08. The molecule has 0 bridgehead atoms. The summed E-state index contributed by atoms with van der Waals surface area (Å²) in [6.07, 6.45) is 3.55. The van der Waals surface area contributed by atoms with Crippen molar-refractivity contribution in [3.63, 3.8) is 0 Å². The SMILES string of the molecule is O=C(c1cnc2ccccc2c1)N1CC(N2CCC(n3c(=O)[nH]c4cc(Br)ccc43)CC2)C1. The lowest BCUT2D eigenvalue weighted by atomic mass is 9.98. The van der Waals surface area contributed by atoms with Crippen LogP contribution in [0, 0.1) is 0 Å². The fourth-order valence-electron chi connectivity index (χ4n) is 5.20. The van der Waals surface area contributed by atoms with Crippen molar-refractivity contribution in [2.75, 3.05) is 26.2 Å². The second-order valence-electron chi connectivity index (χ2n) is 9.01. The Morgan fingerprint density at radius 2 is 1.82 bits per heavy atom. The Morgan fingerprint density at radius 3 is 2.64 bits per heavy atom. The first-order valence-corrected chi connectivity index (χ1v) is 12.1. The van der Waals surface area contributed by atoms with E-state index in [-0.39, 0.29) is 17.6 Å². The van der Waals surface area contributed by atoms with Gasteiger partial charge in [-0.3, -0.25) is 19.2 Å². The molecular weight excluding hydrogens is 482 g/mol. The lowest BCUT2D eigenvalue weighted by molar-refractivity contribution is 0.0153. The molecule has 2 aromatic heterocycles. The van der Waals surface area contributed by atoms with Crippen molar-refractivity contribution in [2.45, 2.75) is 24.9 Å². The highest BCUT2D eigenvalue weighted by Crippen LogP contribution is 2.29. The minimum absolute atomic E-state index is 0.0361. The summed E-state index contributed by atoms with van der Waals surface area (Å²) in [6.45, 7) is 3.36. The van der Waals surface area contributed by atoms with Gasteiger partial charge >= 0.3 is 5.69 Å². The van der Waals surface area contributed by atoms with E-state index in [0.29, 0.717) is 11.6 Å². The number of pyridine rings is 1. The van der Waals surface area contributed by atoms with Crippen molar-refractivity contribution in [1.29, 1.82) is 0 Å². The number of carbonyl (C=O) groups is 1. The maximum absolute atomic E-state index is 12.9. The molecule has 33 heavy (non-hydrogen) atoms. The topological polar surface area (TPSA) is 74.2 Å². The number of para-hydroxylation sites is 1. The number of amides is 1. The molecule has 168 valence electrons. The molecule has 2 aromatic carbocycles. The average Bonchev–Trinajstić information content (AvgIpc) is 3.13. The van der Waals surface area contributed by atoms with Crippen LogP contribution in [-0.2, 0) is 0 Å². The maximum atomic E-state index is 12.9. The van der Waals surface area contributed by atoms with Crippen LogP contribution >= 0.6 is 15.9 Å². The van der Waals surface area contributed by atoms with Crippen molar-refractivity contribution >= 4 is 43.8 Å². The molecule has 1 N–H and O–H groups in total. The maximum Gasteiger partial charge on any atom is 0.326 e. The fourth-order valence-corrected chi connectivity index (χ4v) is 5.56. The van der Waals surface area contributed by atoms with Crippen LogP contribution in [0.15, 0.2) is 64.0 Å². The molecule has 2 aliphatic heterocycles. The van der Waals surface area contributed by atoms with Gasteiger partial charge in [-0.15, -0.1) is 0 Å². The molecule has 0 radical (unpaired) electrons. The van der Waals surface area contributed by atoms with Crippen molar-refractivity contribution in [1.82, 2.24) is 24.3 Å². The number of fused-ring (bicyclic) bond motifs is 2. The summed E-state index contributed by atoms with van der Waals surface area (Å²) in [5, 5.41) is 0.988. The van der Waals surface area contributed by atoms with Crippen molar-refractivity contribution < 1.29 is 4.79 Å². The monoisotopic (exact) mass is 505 g/mol. The van der Waals surface area contributed by atoms with E-state index in [4.69, 9.17) is 0 Å². The van der Waals surface area contributed by atoms with Gasteiger partial charge in [0.25, 0.3) is 5.91 Å². The number of hydrogen-bond donors (Lipinski definition) is 1. The summed E-state index contributed by atoms with van der Waals surface area (Å²) in [7, 11) is 0. The Bertz CT molecular complexity index is 1410. The predicted molar refractivity (Wildman–Crippen MR) is 132 cm³/mol. The van der Waals surface area contributed by atoms with Gasteiger partial charge in [0.2, 0.25) is 0 Å². The summed E-state index contributed by atoms with van der Waals surface area (Å²) in [4.78, 5) is 37.3. The van der Waals surface area contributed by atoms with Crippen molar-refractivity contribution in [2.24, 2.45) is 0 Å². The molecule has 0 saturated carbocycles. The van der Waals surface area contributed by atoms with E-state index >= 15 is 0 Å². The number of nitrogens with zero attached hydrogens (tertiary/aromatic N) is 4. The molecule has 0 atom stereocenters. The first-order valence-electron chi connectivity index (χ1n) is 11.3. The number of aromatic nitrogens is 3. The third kappa shape index (κ3) is 3.67. The summed E-state index contributed by atoms with van der Waals surface area (Å²) >= 11 is 3.47. The molecule has 4 heterocycles. The number of rotatable bonds is 3. The minimum Gasteiger partial charge on any atom is -0.335 e. The third-order valence-corrected chi connectivity index (χ3v) is 7.54. The largest absolute Gasteiger partial charge is 0.335 e. The molecule has 1 amide bonds. The first kappa shape index (κ1) is 20.6. The standard InChI is InChI=1S/C25H24BrN5O2/c26-18-5-6-23-22(12-18)28-25(33)31(23)19-7-9-29(10-8-19)20-14-30(15-20)24(32)17-11-16-3-1-2-4-21(16)27-13-17/h1-6,11-13,19-20H,7-10,14-15H2,(H,28,33). The van der Waals surface area contributed by atoms with E-state index in [9.17, 15) is 9.59 Å². The highest BCUT2D eigenvalue weighted by atomic mass is 79.9. The van der Waals surface area contributed by atoms with Crippen LogP contribution in [0.3, 0.4) is 0 Å². The van der Waals surface area contributed by atoms with E-state index in [1.807, 2.05) is 58.0 Å². The minimum atomic E-state index is -0.0361. The van der Waals surface area contributed by atoms with Crippen LogP contribution in [0.2, 0.25) is 0 Å². The molecule has 2 saturated heterocycles. The van der Waals surface area contributed by atoms with Crippen LogP contribution in [0.1, 0.15) is 29.2 Å². The van der Waals surface area contributed by atoms with Gasteiger partial charge in [-0.2, -0.15) is 0 Å². The summed E-state index contributed by atoms with van der Waals surface area (Å²) in [5.41, 5.74) is 3.35. The number of likely N-dealkylation sites (tertiary alicyclic amines) is 2. The molecule has 7 nitrogen and oxygen atoms in total. The van der Waals surface area contributed by atoms with Gasteiger partial charge in [-0.1, -0.05) is 34.1 Å². The van der Waals surface area contributed by atoms with Crippen molar-refractivity contribution in [3.05, 3.63) is 75.2 Å². The van der Waals surface area contributed by atoms with Gasteiger partial charge in [0.15, 0.2) is 0 Å². The quantitative estimate of drug-likeness (QED) is 0.459. The highest BCUT2D eigenvalue weighted by molar-refractivity contribution is 9.10. The Labute approximate surface area is 199 Å². The predicted octanol–water partition coefficient (Wildman–Crippen LogP) is 3.80. The molecule has 2 fully saturated rings. The molecule has 6 rings (SSSR count). The summed E-state index contributed by atoms with van der Waals surface area (Å²) < 4.78 is 2.88. The zero-order valence-corrected chi connectivity index (χ0v) is 19.7. The van der Waals surface area contributed by atoms with Gasteiger partial charge in [0, 0.05) is 54.3 Å². The van der Waals surface area contributed by atoms with E-state index < -0.39 is 0 Å². The van der Waals surface area contributed by atoms with E-state index in [2.05, 4.69) is 30.8 Å². The Morgan fingerprint density at radius 1 is 1.03 bits per heavy atom. The normalized spacial score (nSPS) is 18.2. The third-order valence-electron chi connectivity index (χ3n) is 7.05. The number of carbonyl (C=O) groups excluding carboxylic acids is 1. The van der Waals surface area contributed by atoms with Crippen LogP contribution < -0.4 is 5.69 Å². The first-order chi connectivity index (χ1) is 16.1. The second-order valence-corrected chi connectivity index (χ2v) is 9.93. The fraction of sp³-hybridized carbons (Fsp3) is 0.320. The summed E-state index contributed by atoms with van der Waals surface area (Å²) in [6, 6.07) is 16.3. The Kier molecular flexibility index (Phi) is 5.07. The number of piperidine rings is 1. The number of benzene rings is 2. The highest BCUT2D eigenvalue weighted by Gasteiger charge is 2.37. The second kappa shape index (κ2) is 8.11. The molecule has 4 aromatic rings. The van der Waals surface area contributed by atoms with E-state index in [0.717, 1.165) is 65.4 Å². The van der Waals surface area contributed by atoms with Gasteiger partial charge in [-0.05, 0) is 43.2 Å². The zero-order valence-electron chi connectivity index (χ0n) is 18.1. The van der Waals surface area contributed by atoms with Gasteiger partial charge in [0.05, 0.1) is 22.1 Å². The molecule has 0 spiro atoms. The number of halogens is 1. The smallest absolute Gasteiger partial charge is 0.326 e. The number of imidazole rings is 1. The van der Waals surface area contributed by atoms with Gasteiger partial charge in [-0.25, -0.2) is 4.79 Å². The van der Waals surface area contributed by atoms with Gasteiger partial charge in [0.1, 0.15) is 0 Å². The van der Waals surface area contributed by atoms with Crippen LogP contribution in [0.4, 0.5) is 0 Å². The zero-order chi connectivity index (χ0) is 22.5.